The predicted molar refractivity (Wildman–Crippen MR) is 117 cm³/mol. The lowest BCUT2D eigenvalue weighted by Crippen LogP contribution is -2.49. The van der Waals surface area contributed by atoms with E-state index in [1.807, 2.05) is 48.9 Å². The number of aryl methyl sites for hydroxylation is 2. The first-order chi connectivity index (χ1) is 14.6. The number of amides is 4. The number of rotatable bonds is 8. The van der Waals surface area contributed by atoms with E-state index in [1.165, 1.54) is 0 Å². The molecule has 1 aliphatic heterocycles. The normalized spacial score (nSPS) is 18.6. The molecule has 2 aromatic rings. The van der Waals surface area contributed by atoms with Crippen LogP contribution in [0.15, 0.2) is 30.3 Å². The Morgan fingerprint density at radius 1 is 1.19 bits per heavy atom. The van der Waals surface area contributed by atoms with Gasteiger partial charge in [-0.1, -0.05) is 44.2 Å². The van der Waals surface area contributed by atoms with Crippen LogP contribution < -0.4 is 10.7 Å². The molecule has 1 saturated heterocycles. The summed E-state index contributed by atoms with van der Waals surface area (Å²) < 4.78 is 1.90. The predicted octanol–water partition coefficient (Wildman–Crippen LogP) is 2.67. The van der Waals surface area contributed by atoms with E-state index < -0.39 is 23.4 Å². The maximum absolute atomic E-state index is 12.9. The molecule has 1 aliphatic rings. The fourth-order valence-corrected chi connectivity index (χ4v) is 3.83. The first kappa shape index (κ1) is 22.5. The van der Waals surface area contributed by atoms with Gasteiger partial charge in [-0.05, 0) is 45.1 Å². The van der Waals surface area contributed by atoms with Gasteiger partial charge in [-0.3, -0.25) is 19.7 Å². The summed E-state index contributed by atoms with van der Waals surface area (Å²) in [7, 11) is 0. The number of aromatic nitrogens is 2. The highest BCUT2D eigenvalue weighted by molar-refractivity contribution is 6.07. The molecule has 0 spiro atoms. The summed E-state index contributed by atoms with van der Waals surface area (Å²) in [6.45, 7) is 10.5. The Hall–Kier alpha value is -3.16. The lowest BCUT2D eigenvalue weighted by Gasteiger charge is -2.21. The van der Waals surface area contributed by atoms with E-state index in [0.717, 1.165) is 34.1 Å². The molecule has 1 unspecified atom stereocenters. The summed E-state index contributed by atoms with van der Waals surface area (Å²) in [5.41, 5.74) is 5.02. The molecule has 2 heterocycles. The van der Waals surface area contributed by atoms with Crippen molar-refractivity contribution >= 4 is 17.8 Å². The number of nitrogens with zero attached hydrogens (tertiary/aromatic N) is 3. The Kier molecular flexibility index (Phi) is 6.48. The molecule has 1 atom stereocenters. The monoisotopic (exact) mass is 425 g/mol. The highest BCUT2D eigenvalue weighted by Gasteiger charge is 2.48. The number of imide groups is 1. The molecule has 0 aliphatic carbocycles. The van der Waals surface area contributed by atoms with Gasteiger partial charge >= 0.3 is 6.03 Å². The molecule has 4 amide bonds. The van der Waals surface area contributed by atoms with Crippen LogP contribution in [0, 0.1) is 19.8 Å². The van der Waals surface area contributed by atoms with Crippen LogP contribution in [-0.4, -0.2) is 38.2 Å². The van der Waals surface area contributed by atoms with E-state index in [0.29, 0.717) is 18.8 Å². The summed E-state index contributed by atoms with van der Waals surface area (Å²) in [6.07, 6.45) is 1.13. The third-order valence-electron chi connectivity index (χ3n) is 5.66. The van der Waals surface area contributed by atoms with E-state index in [2.05, 4.69) is 29.7 Å². The Labute approximate surface area is 183 Å². The minimum absolute atomic E-state index is 0.0492. The smallest absolute Gasteiger partial charge is 0.322 e. The van der Waals surface area contributed by atoms with Crippen LogP contribution in [0.25, 0.3) is 0 Å². The Balaban J connectivity index is 1.64. The SMILES string of the molecule is Cc1nn(CC(C)C)c(C)c1CC(=O)NN1C(=O)NC(C)(CCc2ccccc2)C1=O. The maximum atomic E-state index is 12.9. The first-order valence-electron chi connectivity index (χ1n) is 10.6. The van der Waals surface area contributed by atoms with Gasteiger partial charge < -0.3 is 5.32 Å². The van der Waals surface area contributed by atoms with Crippen LogP contribution in [0.5, 0.6) is 0 Å². The summed E-state index contributed by atoms with van der Waals surface area (Å²) in [5, 5.41) is 8.04. The van der Waals surface area contributed by atoms with Crippen molar-refractivity contribution in [2.75, 3.05) is 0 Å². The number of urea groups is 1. The van der Waals surface area contributed by atoms with Gasteiger partial charge in [0.15, 0.2) is 0 Å². The van der Waals surface area contributed by atoms with Crippen LogP contribution in [0.1, 0.15) is 49.7 Å². The highest BCUT2D eigenvalue weighted by atomic mass is 16.2. The highest BCUT2D eigenvalue weighted by Crippen LogP contribution is 2.22. The van der Waals surface area contributed by atoms with Crippen molar-refractivity contribution in [3.05, 3.63) is 52.8 Å². The maximum Gasteiger partial charge on any atom is 0.344 e. The van der Waals surface area contributed by atoms with Gasteiger partial charge in [0.1, 0.15) is 5.54 Å². The molecule has 1 aromatic heterocycles. The Morgan fingerprint density at radius 2 is 1.87 bits per heavy atom. The molecule has 1 aromatic carbocycles. The molecule has 0 saturated carbocycles. The van der Waals surface area contributed by atoms with Gasteiger partial charge in [0.05, 0.1) is 12.1 Å². The summed E-state index contributed by atoms with van der Waals surface area (Å²) >= 11 is 0. The average molecular weight is 426 g/mol. The molecule has 0 bridgehead atoms. The second-order valence-electron chi connectivity index (χ2n) is 8.83. The standard InChI is InChI=1S/C23H31N5O3/c1-15(2)14-27-17(4)19(16(3)25-27)13-20(29)26-28-21(30)23(5,24-22(28)31)12-11-18-9-7-6-8-10-18/h6-10,15H,11-14H2,1-5H3,(H,24,31)(H,26,29). The van der Waals surface area contributed by atoms with Gasteiger partial charge in [-0.15, -0.1) is 0 Å². The Bertz CT molecular complexity index is 983. The third kappa shape index (κ3) is 4.95. The number of carbonyl (C=O) groups is 3. The number of hydrazine groups is 1. The minimum atomic E-state index is -1.06. The third-order valence-corrected chi connectivity index (χ3v) is 5.66. The number of hydrogen-bond donors (Lipinski definition) is 2. The van der Waals surface area contributed by atoms with E-state index in [-0.39, 0.29) is 6.42 Å². The zero-order chi connectivity index (χ0) is 22.8. The van der Waals surface area contributed by atoms with Crippen molar-refractivity contribution in [1.29, 1.82) is 0 Å². The van der Waals surface area contributed by atoms with Gasteiger partial charge in [-0.25, -0.2) is 4.79 Å². The molecule has 31 heavy (non-hydrogen) atoms. The topological polar surface area (TPSA) is 96.3 Å². The van der Waals surface area contributed by atoms with Crippen LogP contribution in [0.3, 0.4) is 0 Å². The van der Waals surface area contributed by atoms with Crippen molar-refractivity contribution in [2.24, 2.45) is 5.92 Å². The van der Waals surface area contributed by atoms with Crippen molar-refractivity contribution in [3.63, 3.8) is 0 Å². The molecular formula is C23H31N5O3. The van der Waals surface area contributed by atoms with Crippen molar-refractivity contribution in [3.8, 4) is 0 Å². The van der Waals surface area contributed by atoms with Gasteiger partial charge in [0.2, 0.25) is 5.91 Å². The van der Waals surface area contributed by atoms with Crippen LogP contribution >= 0.6 is 0 Å². The molecule has 1 fully saturated rings. The lowest BCUT2D eigenvalue weighted by molar-refractivity contribution is -0.138. The van der Waals surface area contributed by atoms with Crippen molar-refractivity contribution in [2.45, 2.75) is 66.0 Å². The molecule has 8 heteroatoms. The van der Waals surface area contributed by atoms with Crippen LogP contribution in [-0.2, 0) is 29.0 Å². The van der Waals surface area contributed by atoms with E-state index in [9.17, 15) is 14.4 Å². The minimum Gasteiger partial charge on any atom is -0.322 e. The van der Waals surface area contributed by atoms with E-state index >= 15 is 0 Å². The summed E-state index contributed by atoms with van der Waals surface area (Å²) in [6, 6.07) is 9.15. The fourth-order valence-electron chi connectivity index (χ4n) is 3.83. The van der Waals surface area contributed by atoms with Gasteiger partial charge in [-0.2, -0.15) is 10.1 Å². The molecule has 2 N–H and O–H groups in total. The lowest BCUT2D eigenvalue weighted by atomic mass is 9.93. The van der Waals surface area contributed by atoms with E-state index in [1.54, 1.807) is 6.92 Å². The number of hydrogen-bond acceptors (Lipinski definition) is 4. The second kappa shape index (κ2) is 8.91. The second-order valence-corrected chi connectivity index (χ2v) is 8.83. The molecular weight excluding hydrogens is 394 g/mol. The van der Waals surface area contributed by atoms with Crippen molar-refractivity contribution in [1.82, 2.24) is 25.5 Å². The molecule has 166 valence electrons. The van der Waals surface area contributed by atoms with Crippen molar-refractivity contribution < 1.29 is 14.4 Å². The number of benzene rings is 1. The molecule has 8 nitrogen and oxygen atoms in total. The van der Waals surface area contributed by atoms with Gasteiger partial charge in [0.25, 0.3) is 5.91 Å². The zero-order valence-electron chi connectivity index (χ0n) is 18.9. The van der Waals surface area contributed by atoms with Gasteiger partial charge in [0, 0.05) is 17.8 Å². The zero-order valence-corrected chi connectivity index (χ0v) is 18.9. The molecule has 3 rings (SSSR count). The Morgan fingerprint density at radius 3 is 2.52 bits per heavy atom. The summed E-state index contributed by atoms with van der Waals surface area (Å²) in [4.78, 5) is 38.0. The largest absolute Gasteiger partial charge is 0.344 e. The average Bonchev–Trinajstić information content (AvgIpc) is 3.08. The number of carbonyl (C=O) groups excluding carboxylic acids is 3. The van der Waals surface area contributed by atoms with Crippen LogP contribution in [0.2, 0.25) is 0 Å². The summed E-state index contributed by atoms with van der Waals surface area (Å²) in [5.74, 6) is -0.448. The number of nitrogens with one attached hydrogen (secondary N) is 2. The quantitative estimate of drug-likeness (QED) is 0.636. The van der Waals surface area contributed by atoms with Crippen LogP contribution in [0.4, 0.5) is 4.79 Å². The molecule has 0 radical (unpaired) electrons. The fraction of sp³-hybridized carbons (Fsp3) is 0.478. The van der Waals surface area contributed by atoms with E-state index in [4.69, 9.17) is 0 Å². The first-order valence-corrected chi connectivity index (χ1v) is 10.6.